The van der Waals surface area contributed by atoms with Crippen molar-refractivity contribution in [1.82, 2.24) is 5.32 Å². The van der Waals surface area contributed by atoms with E-state index in [-0.39, 0.29) is 6.61 Å². The van der Waals surface area contributed by atoms with Gasteiger partial charge in [0.05, 0.1) is 6.61 Å². The molecule has 0 bridgehead atoms. The van der Waals surface area contributed by atoms with Crippen molar-refractivity contribution < 1.29 is 5.11 Å². The molecule has 1 rings (SSSR count). The number of benzene rings is 1. The van der Waals surface area contributed by atoms with Crippen LogP contribution in [0.5, 0.6) is 0 Å². The molecule has 0 unspecified atom stereocenters. The van der Waals surface area contributed by atoms with E-state index in [4.69, 9.17) is 11.6 Å². The van der Waals surface area contributed by atoms with Crippen molar-refractivity contribution in [3.05, 3.63) is 28.8 Å². The molecule has 1 aromatic carbocycles. The Morgan fingerprint density at radius 2 is 2.00 bits per heavy atom. The first-order valence-electron chi connectivity index (χ1n) is 7.08. The number of hydrogen-bond acceptors (Lipinski definition) is 3. The second kappa shape index (κ2) is 9.18. The van der Waals surface area contributed by atoms with Gasteiger partial charge in [0.1, 0.15) is 0 Å². The summed E-state index contributed by atoms with van der Waals surface area (Å²) in [4.78, 5) is 2.20. The van der Waals surface area contributed by atoms with E-state index in [1.54, 1.807) is 0 Å². The van der Waals surface area contributed by atoms with Crippen LogP contribution in [-0.4, -0.2) is 31.3 Å². The average molecular weight is 285 g/mol. The van der Waals surface area contributed by atoms with E-state index in [0.29, 0.717) is 6.54 Å². The summed E-state index contributed by atoms with van der Waals surface area (Å²) in [5, 5.41) is 13.4. The van der Waals surface area contributed by atoms with Crippen LogP contribution in [0, 0.1) is 0 Å². The molecule has 0 saturated heterocycles. The van der Waals surface area contributed by atoms with Crippen LogP contribution >= 0.6 is 11.6 Å². The van der Waals surface area contributed by atoms with Gasteiger partial charge in [0.15, 0.2) is 0 Å². The second-order valence-corrected chi connectivity index (χ2v) is 5.03. The summed E-state index contributed by atoms with van der Waals surface area (Å²) in [7, 11) is 0. The molecule has 3 nitrogen and oxygen atoms in total. The van der Waals surface area contributed by atoms with Gasteiger partial charge in [0, 0.05) is 35.9 Å². The number of aliphatic hydroxyl groups excluding tert-OH is 1. The molecule has 0 saturated carbocycles. The number of nitrogens with one attached hydrogen (secondary N) is 1. The normalized spacial score (nSPS) is 10.7. The number of halogens is 1. The third-order valence-corrected chi connectivity index (χ3v) is 3.38. The van der Waals surface area contributed by atoms with Gasteiger partial charge in [-0.3, -0.25) is 0 Å². The van der Waals surface area contributed by atoms with Gasteiger partial charge in [-0.15, -0.1) is 0 Å². The third kappa shape index (κ3) is 5.01. The average Bonchev–Trinajstić information content (AvgIpc) is 2.40. The molecule has 0 aliphatic rings. The lowest BCUT2D eigenvalue weighted by atomic mass is 10.1. The van der Waals surface area contributed by atoms with Crippen molar-refractivity contribution in [2.24, 2.45) is 0 Å². The van der Waals surface area contributed by atoms with Crippen LogP contribution in [0.2, 0.25) is 5.02 Å². The van der Waals surface area contributed by atoms with Crippen LogP contribution in [-0.2, 0) is 6.54 Å². The second-order valence-electron chi connectivity index (χ2n) is 4.62. The lowest BCUT2D eigenvalue weighted by molar-refractivity contribution is 0.301. The van der Waals surface area contributed by atoms with Crippen LogP contribution in [0.15, 0.2) is 18.2 Å². The van der Waals surface area contributed by atoms with E-state index < -0.39 is 0 Å². The number of aliphatic hydroxyl groups is 1. The van der Waals surface area contributed by atoms with Crippen LogP contribution in [0.25, 0.3) is 0 Å². The van der Waals surface area contributed by atoms with E-state index in [1.807, 2.05) is 12.1 Å². The van der Waals surface area contributed by atoms with Crippen molar-refractivity contribution in [3.63, 3.8) is 0 Å². The Labute approximate surface area is 121 Å². The SMILES string of the molecule is CCCNCc1c(Cl)cccc1N(CCC)CCO. The quantitative estimate of drug-likeness (QED) is 0.684. The molecule has 0 aliphatic carbocycles. The molecule has 0 fully saturated rings. The molecule has 0 aromatic heterocycles. The zero-order valence-corrected chi connectivity index (χ0v) is 12.7. The molecule has 0 heterocycles. The predicted molar refractivity (Wildman–Crippen MR) is 83.0 cm³/mol. The predicted octanol–water partition coefficient (Wildman–Crippen LogP) is 3.05. The van der Waals surface area contributed by atoms with E-state index in [2.05, 4.69) is 30.1 Å². The Morgan fingerprint density at radius 1 is 1.21 bits per heavy atom. The van der Waals surface area contributed by atoms with Gasteiger partial charge in [-0.25, -0.2) is 0 Å². The standard InChI is InChI=1S/C15H25ClN2O/c1-3-8-17-12-13-14(16)6-5-7-15(13)18(9-4-2)10-11-19/h5-7,17,19H,3-4,8-12H2,1-2H3. The Kier molecular flexibility index (Phi) is 7.87. The van der Waals surface area contributed by atoms with Gasteiger partial charge in [-0.1, -0.05) is 31.5 Å². The monoisotopic (exact) mass is 284 g/mol. The molecule has 0 amide bonds. The maximum atomic E-state index is 9.21. The maximum Gasteiger partial charge on any atom is 0.0606 e. The van der Waals surface area contributed by atoms with Gasteiger partial charge in [0.2, 0.25) is 0 Å². The summed E-state index contributed by atoms with van der Waals surface area (Å²) < 4.78 is 0. The van der Waals surface area contributed by atoms with Crippen LogP contribution in [0.3, 0.4) is 0 Å². The van der Waals surface area contributed by atoms with Gasteiger partial charge in [0.25, 0.3) is 0 Å². The molecular formula is C15H25ClN2O. The largest absolute Gasteiger partial charge is 0.395 e. The minimum atomic E-state index is 0.161. The molecule has 2 N–H and O–H groups in total. The molecular weight excluding hydrogens is 260 g/mol. The highest BCUT2D eigenvalue weighted by Gasteiger charge is 2.12. The fraction of sp³-hybridized carbons (Fsp3) is 0.600. The van der Waals surface area contributed by atoms with Gasteiger partial charge in [-0.2, -0.15) is 0 Å². The van der Waals surface area contributed by atoms with E-state index in [9.17, 15) is 5.11 Å². The summed E-state index contributed by atoms with van der Waals surface area (Å²) in [6, 6.07) is 5.98. The first-order chi connectivity index (χ1) is 9.24. The summed E-state index contributed by atoms with van der Waals surface area (Å²) in [6.07, 6.45) is 2.16. The van der Waals surface area contributed by atoms with Crippen molar-refractivity contribution in [2.45, 2.75) is 33.2 Å². The number of nitrogens with zero attached hydrogens (tertiary/aromatic N) is 1. The van der Waals surface area contributed by atoms with Gasteiger partial charge < -0.3 is 15.3 Å². The third-order valence-electron chi connectivity index (χ3n) is 3.03. The molecule has 0 radical (unpaired) electrons. The minimum absolute atomic E-state index is 0.161. The molecule has 0 aliphatic heterocycles. The number of rotatable bonds is 9. The first kappa shape index (κ1) is 16.3. The van der Waals surface area contributed by atoms with E-state index in [0.717, 1.165) is 48.7 Å². The Morgan fingerprint density at radius 3 is 2.63 bits per heavy atom. The molecule has 19 heavy (non-hydrogen) atoms. The molecule has 108 valence electrons. The fourth-order valence-corrected chi connectivity index (χ4v) is 2.39. The Balaban J connectivity index is 2.92. The van der Waals surface area contributed by atoms with Gasteiger partial charge >= 0.3 is 0 Å². The summed E-state index contributed by atoms with van der Waals surface area (Å²) in [5.74, 6) is 0. The minimum Gasteiger partial charge on any atom is -0.395 e. The van der Waals surface area contributed by atoms with Crippen LogP contribution in [0.4, 0.5) is 5.69 Å². The molecule has 0 atom stereocenters. The van der Waals surface area contributed by atoms with Crippen molar-refractivity contribution >= 4 is 17.3 Å². The zero-order chi connectivity index (χ0) is 14.1. The van der Waals surface area contributed by atoms with Crippen molar-refractivity contribution in [2.75, 3.05) is 31.1 Å². The topological polar surface area (TPSA) is 35.5 Å². The van der Waals surface area contributed by atoms with Crippen molar-refractivity contribution in [3.8, 4) is 0 Å². The van der Waals surface area contributed by atoms with Crippen LogP contribution in [0.1, 0.15) is 32.3 Å². The number of anilines is 1. The Hall–Kier alpha value is -0.770. The summed E-state index contributed by atoms with van der Waals surface area (Å²) >= 11 is 6.32. The highest BCUT2D eigenvalue weighted by Crippen LogP contribution is 2.27. The fourth-order valence-electron chi connectivity index (χ4n) is 2.15. The Bertz CT molecular complexity index is 365. The smallest absolute Gasteiger partial charge is 0.0606 e. The summed E-state index contributed by atoms with van der Waals surface area (Å²) in [5.41, 5.74) is 2.26. The highest BCUT2D eigenvalue weighted by molar-refractivity contribution is 6.31. The lowest BCUT2D eigenvalue weighted by Crippen LogP contribution is -2.29. The van der Waals surface area contributed by atoms with Crippen molar-refractivity contribution in [1.29, 1.82) is 0 Å². The molecule has 4 heteroatoms. The molecule has 0 spiro atoms. The van der Waals surface area contributed by atoms with E-state index in [1.165, 1.54) is 0 Å². The zero-order valence-electron chi connectivity index (χ0n) is 12.0. The maximum absolute atomic E-state index is 9.21. The summed E-state index contributed by atoms with van der Waals surface area (Å²) in [6.45, 7) is 7.79. The molecule has 1 aromatic rings. The lowest BCUT2D eigenvalue weighted by Gasteiger charge is -2.26. The first-order valence-corrected chi connectivity index (χ1v) is 7.46. The van der Waals surface area contributed by atoms with E-state index >= 15 is 0 Å². The number of hydrogen-bond donors (Lipinski definition) is 2. The highest BCUT2D eigenvalue weighted by atomic mass is 35.5. The van der Waals surface area contributed by atoms with Gasteiger partial charge in [-0.05, 0) is 31.5 Å². The van der Waals surface area contributed by atoms with Crippen LogP contribution < -0.4 is 10.2 Å².